The zero-order valence-corrected chi connectivity index (χ0v) is 9.83. The molecule has 0 heterocycles. The monoisotopic (exact) mass is 207 g/mol. The fourth-order valence-corrected chi connectivity index (χ4v) is 1.51. The lowest BCUT2D eigenvalue weighted by atomic mass is 10.0. The van der Waals surface area contributed by atoms with Crippen LogP contribution < -0.4 is 5.32 Å². The van der Waals surface area contributed by atoms with Gasteiger partial charge in [0.25, 0.3) is 0 Å². The number of aryl methyl sites for hydroxylation is 1. The van der Waals surface area contributed by atoms with Gasteiger partial charge >= 0.3 is 0 Å². The van der Waals surface area contributed by atoms with Crippen molar-refractivity contribution in [1.82, 2.24) is 5.32 Å². The number of aliphatic hydroxyl groups excluding tert-OH is 1. The van der Waals surface area contributed by atoms with Crippen LogP contribution in [-0.4, -0.2) is 17.8 Å². The van der Waals surface area contributed by atoms with E-state index in [1.54, 1.807) is 6.92 Å². The Morgan fingerprint density at radius 3 is 2.27 bits per heavy atom. The first-order valence-corrected chi connectivity index (χ1v) is 5.63. The molecule has 1 aromatic carbocycles. The summed E-state index contributed by atoms with van der Waals surface area (Å²) >= 11 is 0. The van der Waals surface area contributed by atoms with Crippen LogP contribution in [0.4, 0.5) is 0 Å². The van der Waals surface area contributed by atoms with Crippen LogP contribution in [0.3, 0.4) is 0 Å². The maximum Gasteiger partial charge on any atom is 0.0636 e. The standard InChI is InChI=1S/C13H21NO/c1-4-12-5-7-13(8-6-12)11(3)14-9-10(2)15/h5-8,10-11,14-15H,4,9H2,1-3H3/t10-,11+/m0/s1. The van der Waals surface area contributed by atoms with Crippen molar-refractivity contribution in [2.24, 2.45) is 0 Å². The molecule has 0 amide bonds. The van der Waals surface area contributed by atoms with E-state index in [1.807, 2.05) is 0 Å². The minimum atomic E-state index is -0.289. The molecule has 2 atom stereocenters. The van der Waals surface area contributed by atoms with Crippen LogP contribution in [0.1, 0.15) is 37.9 Å². The van der Waals surface area contributed by atoms with Gasteiger partial charge in [0.1, 0.15) is 0 Å². The summed E-state index contributed by atoms with van der Waals surface area (Å²) in [6.45, 7) is 6.70. The summed E-state index contributed by atoms with van der Waals surface area (Å²) in [4.78, 5) is 0. The first-order chi connectivity index (χ1) is 7.13. The Labute approximate surface area is 92.3 Å². The van der Waals surface area contributed by atoms with E-state index in [4.69, 9.17) is 5.11 Å². The minimum absolute atomic E-state index is 0.289. The molecule has 0 aliphatic heterocycles. The molecule has 2 N–H and O–H groups in total. The lowest BCUT2D eigenvalue weighted by Crippen LogP contribution is -2.27. The normalized spacial score (nSPS) is 14.9. The molecule has 0 spiro atoms. The summed E-state index contributed by atoms with van der Waals surface area (Å²) in [5.74, 6) is 0. The second-order valence-electron chi connectivity index (χ2n) is 4.07. The topological polar surface area (TPSA) is 32.3 Å². The maximum absolute atomic E-state index is 9.17. The SMILES string of the molecule is CCc1ccc([C@@H](C)NC[C@H](C)O)cc1. The predicted molar refractivity (Wildman–Crippen MR) is 63.9 cm³/mol. The molecule has 15 heavy (non-hydrogen) atoms. The fourth-order valence-electron chi connectivity index (χ4n) is 1.51. The van der Waals surface area contributed by atoms with Gasteiger partial charge in [0.05, 0.1) is 6.10 Å². The van der Waals surface area contributed by atoms with Gasteiger partial charge in [-0.2, -0.15) is 0 Å². The van der Waals surface area contributed by atoms with Gasteiger partial charge in [-0.25, -0.2) is 0 Å². The second-order valence-corrected chi connectivity index (χ2v) is 4.07. The molecule has 0 aliphatic rings. The first-order valence-electron chi connectivity index (χ1n) is 5.63. The molecule has 84 valence electrons. The Kier molecular flexibility index (Phi) is 4.79. The number of benzene rings is 1. The number of rotatable bonds is 5. The van der Waals surface area contributed by atoms with E-state index in [1.165, 1.54) is 11.1 Å². The molecule has 0 radical (unpaired) electrons. The van der Waals surface area contributed by atoms with Crippen molar-refractivity contribution in [3.63, 3.8) is 0 Å². The quantitative estimate of drug-likeness (QED) is 0.776. The van der Waals surface area contributed by atoms with Crippen LogP contribution in [0.5, 0.6) is 0 Å². The average Bonchev–Trinajstić information content (AvgIpc) is 2.26. The van der Waals surface area contributed by atoms with E-state index in [2.05, 4.69) is 43.4 Å². The zero-order chi connectivity index (χ0) is 11.3. The molecule has 0 aliphatic carbocycles. The zero-order valence-electron chi connectivity index (χ0n) is 9.83. The molecular weight excluding hydrogens is 186 g/mol. The molecule has 1 rings (SSSR count). The Morgan fingerprint density at radius 1 is 1.20 bits per heavy atom. The third-order valence-electron chi connectivity index (χ3n) is 2.61. The summed E-state index contributed by atoms with van der Waals surface area (Å²) in [5.41, 5.74) is 2.63. The number of hydrogen-bond donors (Lipinski definition) is 2. The molecule has 0 saturated carbocycles. The summed E-state index contributed by atoms with van der Waals surface area (Å²) < 4.78 is 0. The predicted octanol–water partition coefficient (Wildman–Crippen LogP) is 2.28. The summed E-state index contributed by atoms with van der Waals surface area (Å²) in [7, 11) is 0. The van der Waals surface area contributed by atoms with Gasteiger partial charge in [0, 0.05) is 12.6 Å². The molecule has 0 aromatic heterocycles. The highest BCUT2D eigenvalue weighted by Crippen LogP contribution is 2.13. The smallest absolute Gasteiger partial charge is 0.0636 e. The van der Waals surface area contributed by atoms with E-state index in [0.717, 1.165) is 6.42 Å². The van der Waals surface area contributed by atoms with Gasteiger partial charge in [0.2, 0.25) is 0 Å². The highest BCUT2D eigenvalue weighted by atomic mass is 16.3. The average molecular weight is 207 g/mol. The molecule has 2 heteroatoms. The lowest BCUT2D eigenvalue weighted by molar-refractivity contribution is 0.187. The van der Waals surface area contributed by atoms with E-state index in [0.29, 0.717) is 12.6 Å². The largest absolute Gasteiger partial charge is 0.392 e. The highest BCUT2D eigenvalue weighted by molar-refractivity contribution is 5.24. The molecule has 0 unspecified atom stereocenters. The third-order valence-corrected chi connectivity index (χ3v) is 2.61. The van der Waals surface area contributed by atoms with Crippen LogP contribution in [0.25, 0.3) is 0 Å². The molecular formula is C13H21NO. The van der Waals surface area contributed by atoms with E-state index in [9.17, 15) is 0 Å². The van der Waals surface area contributed by atoms with Crippen molar-refractivity contribution in [2.45, 2.75) is 39.3 Å². The van der Waals surface area contributed by atoms with E-state index >= 15 is 0 Å². The van der Waals surface area contributed by atoms with Crippen LogP contribution in [0.2, 0.25) is 0 Å². The van der Waals surface area contributed by atoms with Crippen LogP contribution in [-0.2, 0) is 6.42 Å². The minimum Gasteiger partial charge on any atom is -0.392 e. The number of nitrogens with one attached hydrogen (secondary N) is 1. The van der Waals surface area contributed by atoms with Crippen molar-refractivity contribution in [3.05, 3.63) is 35.4 Å². The number of hydrogen-bond acceptors (Lipinski definition) is 2. The van der Waals surface area contributed by atoms with E-state index < -0.39 is 0 Å². The fraction of sp³-hybridized carbons (Fsp3) is 0.538. The van der Waals surface area contributed by atoms with Gasteiger partial charge in [0.15, 0.2) is 0 Å². The Morgan fingerprint density at radius 2 is 1.80 bits per heavy atom. The van der Waals surface area contributed by atoms with Crippen LogP contribution >= 0.6 is 0 Å². The van der Waals surface area contributed by atoms with Crippen molar-refractivity contribution in [1.29, 1.82) is 0 Å². The van der Waals surface area contributed by atoms with Crippen LogP contribution in [0, 0.1) is 0 Å². The summed E-state index contributed by atoms with van der Waals surface area (Å²) in [6, 6.07) is 8.92. The number of aliphatic hydroxyl groups is 1. The summed E-state index contributed by atoms with van der Waals surface area (Å²) in [5, 5.41) is 12.5. The van der Waals surface area contributed by atoms with Crippen molar-refractivity contribution in [3.8, 4) is 0 Å². The van der Waals surface area contributed by atoms with Gasteiger partial charge in [-0.3, -0.25) is 0 Å². The Bertz CT molecular complexity index is 279. The van der Waals surface area contributed by atoms with Crippen molar-refractivity contribution in [2.75, 3.05) is 6.54 Å². The summed E-state index contributed by atoms with van der Waals surface area (Å²) in [6.07, 6.45) is 0.790. The molecule has 2 nitrogen and oxygen atoms in total. The van der Waals surface area contributed by atoms with Crippen LogP contribution in [0.15, 0.2) is 24.3 Å². The third kappa shape index (κ3) is 4.02. The van der Waals surface area contributed by atoms with Gasteiger partial charge in [-0.1, -0.05) is 31.2 Å². The van der Waals surface area contributed by atoms with Gasteiger partial charge in [-0.05, 0) is 31.4 Å². The molecule has 0 bridgehead atoms. The van der Waals surface area contributed by atoms with E-state index in [-0.39, 0.29) is 6.10 Å². The van der Waals surface area contributed by atoms with Gasteiger partial charge < -0.3 is 10.4 Å². The van der Waals surface area contributed by atoms with Gasteiger partial charge in [-0.15, -0.1) is 0 Å². The highest BCUT2D eigenvalue weighted by Gasteiger charge is 2.05. The maximum atomic E-state index is 9.17. The Hall–Kier alpha value is -0.860. The Balaban J connectivity index is 2.54. The molecule has 1 aromatic rings. The van der Waals surface area contributed by atoms with Crippen molar-refractivity contribution >= 4 is 0 Å². The van der Waals surface area contributed by atoms with Crippen molar-refractivity contribution < 1.29 is 5.11 Å². The lowest BCUT2D eigenvalue weighted by Gasteiger charge is -2.15. The molecule has 0 saturated heterocycles. The molecule has 0 fully saturated rings. The first kappa shape index (κ1) is 12.2. The second kappa shape index (κ2) is 5.89.